The van der Waals surface area contributed by atoms with Crippen LogP contribution in [0.4, 0.5) is 0 Å². The Kier molecular flexibility index (Phi) is 6.25. The molecule has 0 unspecified atom stereocenters. The number of hydrogen-bond acceptors (Lipinski definition) is 5. The lowest BCUT2D eigenvalue weighted by Gasteiger charge is -2.34. The molecule has 1 aliphatic rings. The highest BCUT2D eigenvalue weighted by Crippen LogP contribution is 2.13. The largest absolute Gasteiger partial charge is 0.339 e. The van der Waals surface area contributed by atoms with E-state index in [0.717, 1.165) is 29.8 Å². The summed E-state index contributed by atoms with van der Waals surface area (Å²) in [6, 6.07) is 15.1. The van der Waals surface area contributed by atoms with Crippen molar-refractivity contribution in [3.05, 3.63) is 91.4 Å². The van der Waals surface area contributed by atoms with Crippen molar-refractivity contribution in [3.8, 4) is 0 Å². The Labute approximate surface area is 178 Å². The first kappa shape index (κ1) is 20.3. The van der Waals surface area contributed by atoms with Crippen molar-refractivity contribution >= 4 is 17.2 Å². The maximum absolute atomic E-state index is 12.8. The number of nitrogens with zero attached hydrogens (tertiary/aromatic N) is 4. The topological polar surface area (TPSA) is 67.5 Å². The second kappa shape index (κ2) is 9.23. The summed E-state index contributed by atoms with van der Waals surface area (Å²) in [5, 5.41) is 2.07. The van der Waals surface area contributed by atoms with E-state index in [1.807, 2.05) is 36.4 Å². The molecule has 1 fully saturated rings. The number of rotatable bonds is 6. The van der Waals surface area contributed by atoms with Gasteiger partial charge in [0.15, 0.2) is 0 Å². The molecule has 0 bridgehead atoms. The predicted octanol–water partition coefficient (Wildman–Crippen LogP) is 1.46. The zero-order valence-corrected chi connectivity index (χ0v) is 17.5. The SMILES string of the molecule is O=C(Cn1c(=O)ccn(Cc2ccccc2)c1=O)N1CCN(Cc2cccs2)CC1. The van der Waals surface area contributed by atoms with Crippen LogP contribution in [0.15, 0.2) is 69.7 Å². The zero-order chi connectivity index (χ0) is 20.9. The number of amides is 1. The predicted molar refractivity (Wildman–Crippen MR) is 117 cm³/mol. The van der Waals surface area contributed by atoms with E-state index < -0.39 is 11.2 Å². The van der Waals surface area contributed by atoms with Crippen LogP contribution in [0.25, 0.3) is 0 Å². The lowest BCUT2D eigenvalue weighted by molar-refractivity contribution is -0.133. The summed E-state index contributed by atoms with van der Waals surface area (Å²) in [4.78, 5) is 43.2. The number of carbonyl (C=O) groups excluding carboxylic acids is 1. The van der Waals surface area contributed by atoms with E-state index in [2.05, 4.69) is 16.3 Å². The fourth-order valence-electron chi connectivity index (χ4n) is 3.62. The molecule has 7 nitrogen and oxygen atoms in total. The Morgan fingerprint density at radius 2 is 1.67 bits per heavy atom. The van der Waals surface area contributed by atoms with Crippen LogP contribution in [0.2, 0.25) is 0 Å². The Morgan fingerprint density at radius 1 is 0.900 bits per heavy atom. The van der Waals surface area contributed by atoms with Crippen molar-refractivity contribution < 1.29 is 4.79 Å². The minimum absolute atomic E-state index is 0.192. The van der Waals surface area contributed by atoms with Crippen LogP contribution in [0.1, 0.15) is 10.4 Å². The molecular formula is C22H24N4O3S. The molecule has 0 N–H and O–H groups in total. The summed E-state index contributed by atoms with van der Waals surface area (Å²) < 4.78 is 2.49. The summed E-state index contributed by atoms with van der Waals surface area (Å²) in [6.45, 7) is 3.79. The van der Waals surface area contributed by atoms with Crippen molar-refractivity contribution in [1.82, 2.24) is 18.9 Å². The molecule has 30 heavy (non-hydrogen) atoms. The van der Waals surface area contributed by atoms with Crippen LogP contribution in [-0.4, -0.2) is 51.0 Å². The fraction of sp³-hybridized carbons (Fsp3) is 0.318. The Morgan fingerprint density at radius 3 is 2.37 bits per heavy atom. The quantitative estimate of drug-likeness (QED) is 0.601. The van der Waals surface area contributed by atoms with Gasteiger partial charge < -0.3 is 4.90 Å². The molecule has 0 radical (unpaired) electrons. The molecule has 1 amide bonds. The van der Waals surface area contributed by atoms with E-state index in [1.54, 1.807) is 16.2 Å². The van der Waals surface area contributed by atoms with Gasteiger partial charge in [0, 0.05) is 49.9 Å². The van der Waals surface area contributed by atoms with E-state index in [1.165, 1.54) is 21.7 Å². The molecule has 0 atom stereocenters. The Hall–Kier alpha value is -2.97. The highest BCUT2D eigenvalue weighted by Gasteiger charge is 2.22. The zero-order valence-electron chi connectivity index (χ0n) is 16.6. The van der Waals surface area contributed by atoms with Crippen molar-refractivity contribution in [2.24, 2.45) is 0 Å². The fourth-order valence-corrected chi connectivity index (χ4v) is 4.36. The summed E-state index contributed by atoms with van der Waals surface area (Å²) in [6.07, 6.45) is 1.49. The smallest absolute Gasteiger partial charge is 0.331 e. The number of hydrogen-bond donors (Lipinski definition) is 0. The number of piperazine rings is 1. The molecule has 3 aromatic rings. The summed E-state index contributed by atoms with van der Waals surface area (Å²) in [5.41, 5.74) is 0.0445. The normalized spacial score (nSPS) is 14.7. The van der Waals surface area contributed by atoms with Gasteiger partial charge in [-0.3, -0.25) is 23.6 Å². The molecule has 0 aliphatic carbocycles. The van der Waals surface area contributed by atoms with Gasteiger partial charge in [-0.05, 0) is 17.0 Å². The standard InChI is InChI=1S/C22H24N4O3S/c27-20-8-9-25(15-18-5-2-1-3-6-18)22(29)26(20)17-21(28)24-12-10-23(11-13-24)16-19-7-4-14-30-19/h1-9,14H,10-13,15-17H2. The molecule has 4 rings (SSSR count). The van der Waals surface area contributed by atoms with Gasteiger partial charge in [-0.2, -0.15) is 0 Å². The van der Waals surface area contributed by atoms with Crippen LogP contribution in [0.5, 0.6) is 0 Å². The molecule has 1 saturated heterocycles. The highest BCUT2D eigenvalue weighted by molar-refractivity contribution is 7.09. The summed E-state index contributed by atoms with van der Waals surface area (Å²) >= 11 is 1.73. The second-order valence-electron chi connectivity index (χ2n) is 7.37. The van der Waals surface area contributed by atoms with Gasteiger partial charge in [0.05, 0.1) is 6.54 Å². The van der Waals surface area contributed by atoms with Gasteiger partial charge in [0.25, 0.3) is 5.56 Å². The van der Waals surface area contributed by atoms with Gasteiger partial charge in [0.2, 0.25) is 5.91 Å². The van der Waals surface area contributed by atoms with Crippen LogP contribution in [0, 0.1) is 0 Å². The van der Waals surface area contributed by atoms with Gasteiger partial charge in [-0.25, -0.2) is 4.79 Å². The summed E-state index contributed by atoms with van der Waals surface area (Å²) in [7, 11) is 0. The number of carbonyl (C=O) groups is 1. The monoisotopic (exact) mass is 424 g/mol. The average molecular weight is 425 g/mol. The molecule has 1 aliphatic heterocycles. The molecule has 3 heterocycles. The van der Waals surface area contributed by atoms with Crippen molar-refractivity contribution in [1.29, 1.82) is 0 Å². The van der Waals surface area contributed by atoms with Gasteiger partial charge in [-0.1, -0.05) is 36.4 Å². The Bertz CT molecular complexity index is 1100. The number of thiophene rings is 1. The third-order valence-electron chi connectivity index (χ3n) is 5.31. The Balaban J connectivity index is 1.40. The van der Waals surface area contributed by atoms with Crippen molar-refractivity contribution in [2.75, 3.05) is 26.2 Å². The van der Waals surface area contributed by atoms with E-state index >= 15 is 0 Å². The van der Waals surface area contributed by atoms with E-state index in [9.17, 15) is 14.4 Å². The first-order chi connectivity index (χ1) is 14.6. The first-order valence-corrected chi connectivity index (χ1v) is 10.8. The molecule has 0 spiro atoms. The van der Waals surface area contributed by atoms with E-state index in [-0.39, 0.29) is 12.5 Å². The van der Waals surface area contributed by atoms with Crippen LogP contribution in [-0.2, 0) is 24.4 Å². The van der Waals surface area contributed by atoms with Crippen LogP contribution >= 0.6 is 11.3 Å². The third-order valence-corrected chi connectivity index (χ3v) is 6.17. The van der Waals surface area contributed by atoms with Gasteiger partial charge in [-0.15, -0.1) is 11.3 Å². The highest BCUT2D eigenvalue weighted by atomic mass is 32.1. The molecule has 8 heteroatoms. The van der Waals surface area contributed by atoms with Gasteiger partial charge in [0.1, 0.15) is 6.54 Å². The minimum atomic E-state index is -0.462. The maximum atomic E-state index is 12.8. The first-order valence-electron chi connectivity index (χ1n) is 9.97. The lowest BCUT2D eigenvalue weighted by Crippen LogP contribution is -2.51. The molecular weight excluding hydrogens is 400 g/mol. The third kappa shape index (κ3) is 4.77. The number of benzene rings is 1. The molecule has 156 valence electrons. The lowest BCUT2D eigenvalue weighted by atomic mass is 10.2. The average Bonchev–Trinajstić information content (AvgIpc) is 3.27. The van der Waals surface area contributed by atoms with E-state index in [4.69, 9.17) is 0 Å². The number of aromatic nitrogens is 2. The second-order valence-corrected chi connectivity index (χ2v) is 8.40. The van der Waals surface area contributed by atoms with Crippen molar-refractivity contribution in [3.63, 3.8) is 0 Å². The molecule has 1 aromatic carbocycles. The van der Waals surface area contributed by atoms with Crippen LogP contribution < -0.4 is 11.2 Å². The molecule has 2 aromatic heterocycles. The van der Waals surface area contributed by atoms with Gasteiger partial charge >= 0.3 is 5.69 Å². The maximum Gasteiger partial charge on any atom is 0.331 e. The summed E-state index contributed by atoms with van der Waals surface area (Å²) in [5.74, 6) is -0.192. The van der Waals surface area contributed by atoms with E-state index in [0.29, 0.717) is 19.6 Å². The van der Waals surface area contributed by atoms with Crippen LogP contribution in [0.3, 0.4) is 0 Å². The molecule has 0 saturated carbocycles. The minimum Gasteiger partial charge on any atom is -0.339 e. The van der Waals surface area contributed by atoms with Crippen molar-refractivity contribution in [2.45, 2.75) is 19.6 Å².